The second-order valence-corrected chi connectivity index (χ2v) is 5.12. The maximum absolute atomic E-state index is 11.8. The van der Waals surface area contributed by atoms with Gasteiger partial charge in [0.1, 0.15) is 5.75 Å². The molecule has 0 aliphatic rings. The molecule has 0 saturated carbocycles. The molecule has 2 rings (SSSR count). The fourth-order valence-electron chi connectivity index (χ4n) is 1.82. The lowest BCUT2D eigenvalue weighted by atomic mass is 10.2. The number of nitrogens with one attached hydrogen (secondary N) is 1. The number of allylic oxidation sites excluding steroid dienone is 1. The van der Waals surface area contributed by atoms with Crippen LogP contribution in [-0.2, 0) is 4.79 Å². The van der Waals surface area contributed by atoms with Gasteiger partial charge in [-0.05, 0) is 45.0 Å². The Morgan fingerprint density at radius 3 is 2.38 bits per heavy atom. The molecule has 21 heavy (non-hydrogen) atoms. The van der Waals surface area contributed by atoms with Crippen LogP contribution in [0.5, 0.6) is 11.5 Å². The van der Waals surface area contributed by atoms with E-state index in [2.05, 4.69) is 5.32 Å². The molecular formula is C18H19NO2. The second-order valence-electron chi connectivity index (χ2n) is 5.12. The highest BCUT2D eigenvalue weighted by atomic mass is 16.5. The van der Waals surface area contributed by atoms with Crippen LogP contribution < -0.4 is 10.1 Å². The minimum atomic E-state index is -0.157. The number of ether oxygens (including phenoxy) is 1. The van der Waals surface area contributed by atoms with E-state index in [0.29, 0.717) is 11.4 Å². The Hall–Kier alpha value is -2.55. The van der Waals surface area contributed by atoms with Crippen LogP contribution in [0.2, 0.25) is 0 Å². The van der Waals surface area contributed by atoms with Gasteiger partial charge in [0.25, 0.3) is 0 Å². The Balaban J connectivity index is 2.18. The average molecular weight is 281 g/mol. The molecule has 0 saturated heterocycles. The molecule has 1 amide bonds. The first-order valence-corrected chi connectivity index (χ1v) is 6.84. The van der Waals surface area contributed by atoms with Crippen LogP contribution in [-0.4, -0.2) is 5.91 Å². The molecular weight excluding hydrogens is 262 g/mol. The quantitative estimate of drug-likeness (QED) is 0.825. The van der Waals surface area contributed by atoms with Gasteiger partial charge in [-0.2, -0.15) is 0 Å². The lowest BCUT2D eigenvalue weighted by molar-refractivity contribution is -0.112. The van der Waals surface area contributed by atoms with E-state index >= 15 is 0 Å². The summed E-state index contributed by atoms with van der Waals surface area (Å²) < 4.78 is 5.83. The van der Waals surface area contributed by atoms with Gasteiger partial charge >= 0.3 is 0 Å². The van der Waals surface area contributed by atoms with E-state index in [1.165, 1.54) is 5.56 Å². The van der Waals surface area contributed by atoms with Gasteiger partial charge in [-0.15, -0.1) is 0 Å². The molecule has 0 unspecified atom stereocenters. The first-order chi connectivity index (χ1) is 10.0. The van der Waals surface area contributed by atoms with Crippen molar-refractivity contribution in [1.82, 2.24) is 0 Å². The molecule has 0 atom stereocenters. The van der Waals surface area contributed by atoms with Gasteiger partial charge in [0.05, 0.1) is 5.69 Å². The monoisotopic (exact) mass is 281 g/mol. The minimum Gasteiger partial charge on any atom is -0.455 e. The number of hydrogen-bond acceptors (Lipinski definition) is 2. The van der Waals surface area contributed by atoms with Crippen molar-refractivity contribution in [1.29, 1.82) is 0 Å². The summed E-state index contributed by atoms with van der Waals surface area (Å²) in [6, 6.07) is 15.2. The van der Waals surface area contributed by atoms with Gasteiger partial charge in [-0.25, -0.2) is 0 Å². The van der Waals surface area contributed by atoms with Crippen molar-refractivity contribution >= 4 is 11.6 Å². The van der Waals surface area contributed by atoms with Crippen LogP contribution in [0.15, 0.2) is 60.2 Å². The van der Waals surface area contributed by atoms with Gasteiger partial charge in [0.15, 0.2) is 5.75 Å². The summed E-state index contributed by atoms with van der Waals surface area (Å²) in [5.74, 6) is 1.20. The van der Waals surface area contributed by atoms with E-state index in [-0.39, 0.29) is 5.91 Å². The van der Waals surface area contributed by atoms with E-state index in [4.69, 9.17) is 4.74 Å². The number of carbonyl (C=O) groups is 1. The van der Waals surface area contributed by atoms with E-state index in [1.807, 2.05) is 69.3 Å². The summed E-state index contributed by atoms with van der Waals surface area (Å²) >= 11 is 0. The number of aryl methyl sites for hydroxylation is 1. The highest BCUT2D eigenvalue weighted by Crippen LogP contribution is 2.29. The number of anilines is 1. The molecule has 0 bridgehead atoms. The zero-order chi connectivity index (χ0) is 15.2. The van der Waals surface area contributed by atoms with Crippen LogP contribution >= 0.6 is 0 Å². The maximum atomic E-state index is 11.8. The van der Waals surface area contributed by atoms with Crippen LogP contribution in [0, 0.1) is 6.92 Å². The molecule has 108 valence electrons. The lowest BCUT2D eigenvalue weighted by Crippen LogP contribution is -2.09. The Bertz CT molecular complexity index is 653. The fourth-order valence-corrected chi connectivity index (χ4v) is 1.82. The van der Waals surface area contributed by atoms with E-state index in [9.17, 15) is 4.79 Å². The highest BCUT2D eigenvalue weighted by molar-refractivity contribution is 6.00. The van der Waals surface area contributed by atoms with Crippen molar-refractivity contribution < 1.29 is 9.53 Å². The minimum absolute atomic E-state index is 0.157. The summed E-state index contributed by atoms with van der Waals surface area (Å²) in [6.45, 7) is 5.79. The predicted octanol–water partition coefficient (Wildman–Crippen LogP) is 4.69. The molecule has 0 radical (unpaired) electrons. The molecule has 0 heterocycles. The van der Waals surface area contributed by atoms with Crippen molar-refractivity contribution in [2.75, 3.05) is 5.32 Å². The van der Waals surface area contributed by atoms with Gasteiger partial charge in [-0.1, -0.05) is 35.4 Å². The molecule has 1 N–H and O–H groups in total. The number of carbonyl (C=O) groups excluding carboxylic acids is 1. The highest BCUT2D eigenvalue weighted by Gasteiger charge is 2.06. The molecule has 3 heteroatoms. The SMILES string of the molecule is CC(C)=CC(=O)Nc1ccccc1Oc1ccc(C)cc1. The summed E-state index contributed by atoms with van der Waals surface area (Å²) in [4.78, 5) is 11.8. The zero-order valence-electron chi connectivity index (χ0n) is 12.5. The number of benzene rings is 2. The van der Waals surface area contributed by atoms with Gasteiger partial charge in [-0.3, -0.25) is 4.79 Å². The predicted molar refractivity (Wildman–Crippen MR) is 85.8 cm³/mol. The van der Waals surface area contributed by atoms with Gasteiger partial charge in [0, 0.05) is 6.08 Å². The summed E-state index contributed by atoms with van der Waals surface area (Å²) in [6.07, 6.45) is 1.56. The molecule has 3 nitrogen and oxygen atoms in total. The Morgan fingerprint density at radius 1 is 1.05 bits per heavy atom. The summed E-state index contributed by atoms with van der Waals surface area (Å²) in [7, 11) is 0. The Kier molecular flexibility index (Phi) is 4.77. The normalized spacial score (nSPS) is 9.86. The Morgan fingerprint density at radius 2 is 1.71 bits per heavy atom. The van der Waals surface area contributed by atoms with Crippen molar-refractivity contribution in [3.63, 3.8) is 0 Å². The number of amides is 1. The van der Waals surface area contributed by atoms with Crippen LogP contribution in [0.25, 0.3) is 0 Å². The van der Waals surface area contributed by atoms with Crippen LogP contribution in [0.1, 0.15) is 19.4 Å². The smallest absolute Gasteiger partial charge is 0.248 e. The zero-order valence-corrected chi connectivity index (χ0v) is 12.5. The maximum Gasteiger partial charge on any atom is 0.248 e. The molecule has 0 spiro atoms. The third-order valence-corrected chi connectivity index (χ3v) is 2.81. The molecule has 2 aromatic rings. The molecule has 2 aromatic carbocycles. The average Bonchev–Trinajstić information content (AvgIpc) is 2.42. The largest absolute Gasteiger partial charge is 0.455 e. The topological polar surface area (TPSA) is 38.3 Å². The summed E-state index contributed by atoms with van der Waals surface area (Å²) in [5, 5.41) is 2.83. The standard InChI is InChI=1S/C18H19NO2/c1-13(2)12-18(20)19-16-6-4-5-7-17(16)21-15-10-8-14(3)9-11-15/h4-12H,1-3H3,(H,19,20). The lowest BCUT2D eigenvalue weighted by Gasteiger charge is -2.11. The van der Waals surface area contributed by atoms with Gasteiger partial charge in [0.2, 0.25) is 5.91 Å². The van der Waals surface area contributed by atoms with E-state index in [1.54, 1.807) is 6.08 Å². The van der Waals surface area contributed by atoms with Gasteiger partial charge < -0.3 is 10.1 Å². The molecule has 0 aliphatic carbocycles. The third kappa shape index (κ3) is 4.49. The first kappa shape index (κ1) is 14.9. The third-order valence-electron chi connectivity index (χ3n) is 2.81. The second kappa shape index (κ2) is 6.75. The molecule has 0 fully saturated rings. The van der Waals surface area contributed by atoms with Crippen molar-refractivity contribution in [3.8, 4) is 11.5 Å². The van der Waals surface area contributed by atoms with Crippen LogP contribution in [0.4, 0.5) is 5.69 Å². The van der Waals surface area contributed by atoms with Crippen LogP contribution in [0.3, 0.4) is 0 Å². The van der Waals surface area contributed by atoms with E-state index in [0.717, 1.165) is 11.3 Å². The van der Waals surface area contributed by atoms with Crippen molar-refractivity contribution in [2.45, 2.75) is 20.8 Å². The first-order valence-electron chi connectivity index (χ1n) is 6.84. The van der Waals surface area contributed by atoms with E-state index < -0.39 is 0 Å². The summed E-state index contributed by atoms with van der Waals surface area (Å²) in [5.41, 5.74) is 2.78. The molecule has 0 aliphatic heterocycles. The Labute approximate surface area is 125 Å². The van der Waals surface area contributed by atoms with Crippen molar-refractivity contribution in [3.05, 3.63) is 65.7 Å². The number of hydrogen-bond donors (Lipinski definition) is 1. The number of rotatable bonds is 4. The number of para-hydroxylation sites is 2. The molecule has 0 aromatic heterocycles. The van der Waals surface area contributed by atoms with Crippen molar-refractivity contribution in [2.24, 2.45) is 0 Å². The fraction of sp³-hybridized carbons (Fsp3) is 0.167.